The summed E-state index contributed by atoms with van der Waals surface area (Å²) in [5, 5.41) is 4.08. The Balaban J connectivity index is 1.28. The largest absolute Gasteiger partial charge is 0.489 e. The quantitative estimate of drug-likeness (QED) is 0.269. The van der Waals surface area contributed by atoms with Crippen molar-refractivity contribution in [2.24, 2.45) is 0 Å². The van der Waals surface area contributed by atoms with E-state index in [1.807, 2.05) is 38.1 Å². The highest BCUT2D eigenvalue weighted by Gasteiger charge is 2.24. The number of fused-ring (bicyclic) bond motifs is 1. The van der Waals surface area contributed by atoms with Gasteiger partial charge in [0.15, 0.2) is 6.10 Å². The number of aryl methyl sites for hydroxylation is 2. The minimum Gasteiger partial charge on any atom is -0.489 e. The zero-order valence-corrected chi connectivity index (χ0v) is 23.3. The molecule has 208 valence electrons. The van der Waals surface area contributed by atoms with Crippen molar-refractivity contribution in [3.63, 3.8) is 0 Å². The molecule has 0 unspecified atom stereocenters. The van der Waals surface area contributed by atoms with Crippen LogP contribution in [-0.4, -0.2) is 56.4 Å². The van der Waals surface area contributed by atoms with Gasteiger partial charge in [0, 0.05) is 60.6 Å². The van der Waals surface area contributed by atoms with Crippen LogP contribution in [0.2, 0.25) is 5.02 Å². The summed E-state index contributed by atoms with van der Waals surface area (Å²) in [6.45, 7) is 7.84. The molecule has 0 spiro atoms. The molecule has 1 aromatic heterocycles. The van der Waals surface area contributed by atoms with E-state index in [1.165, 1.54) is 11.8 Å². The van der Waals surface area contributed by atoms with Crippen LogP contribution in [0.25, 0.3) is 11.0 Å². The monoisotopic (exact) mass is 561 g/mol. The van der Waals surface area contributed by atoms with E-state index in [9.17, 15) is 9.59 Å². The Bertz CT molecular complexity index is 1530. The fourth-order valence-corrected chi connectivity index (χ4v) is 5.08. The second kappa shape index (κ2) is 12.4. The Morgan fingerprint density at radius 3 is 2.50 bits per heavy atom. The predicted octanol–water partition coefficient (Wildman–Crippen LogP) is 5.88. The molecule has 1 N–H and O–H groups in total. The summed E-state index contributed by atoms with van der Waals surface area (Å²) in [5.41, 5.74) is 3.51. The van der Waals surface area contributed by atoms with E-state index < -0.39 is 12.2 Å². The summed E-state index contributed by atoms with van der Waals surface area (Å²) in [4.78, 5) is 29.3. The van der Waals surface area contributed by atoms with Crippen LogP contribution < -0.4 is 20.6 Å². The molecule has 9 heteroatoms. The first-order valence-electron chi connectivity index (χ1n) is 13.3. The smallest absolute Gasteiger partial charge is 0.412 e. The van der Waals surface area contributed by atoms with Crippen LogP contribution in [0.3, 0.4) is 0 Å². The van der Waals surface area contributed by atoms with E-state index in [-0.39, 0.29) is 12.2 Å². The Morgan fingerprint density at radius 2 is 1.75 bits per heavy atom. The van der Waals surface area contributed by atoms with Gasteiger partial charge in [-0.15, -0.1) is 0 Å². The number of nitrogens with zero attached hydrogens (tertiary/aromatic N) is 2. The molecule has 0 saturated carbocycles. The topological polar surface area (TPSA) is 84.2 Å². The summed E-state index contributed by atoms with van der Waals surface area (Å²) < 4.78 is 17.4. The zero-order valence-electron chi connectivity index (χ0n) is 22.6. The molecule has 2 heterocycles. The maximum atomic E-state index is 12.8. The number of rotatable bonds is 8. The highest BCUT2D eigenvalue weighted by atomic mass is 35.5. The highest BCUT2D eigenvalue weighted by molar-refractivity contribution is 6.30. The van der Waals surface area contributed by atoms with E-state index in [0.717, 1.165) is 42.7 Å². The van der Waals surface area contributed by atoms with E-state index in [4.69, 9.17) is 25.5 Å². The van der Waals surface area contributed by atoms with Crippen LogP contribution in [0.5, 0.6) is 5.75 Å². The molecule has 1 aliphatic heterocycles. The van der Waals surface area contributed by atoms with E-state index in [1.54, 1.807) is 30.3 Å². The lowest BCUT2D eigenvalue weighted by atomic mass is 10.1. The third kappa shape index (κ3) is 6.94. The van der Waals surface area contributed by atoms with Gasteiger partial charge in [-0.05, 0) is 67.4 Å². The molecular weight excluding hydrogens is 530 g/mol. The first kappa shape index (κ1) is 27.6. The molecule has 0 aliphatic carbocycles. The molecule has 4 aromatic rings. The van der Waals surface area contributed by atoms with E-state index >= 15 is 0 Å². The average Bonchev–Trinajstić information content (AvgIpc) is 2.92. The third-order valence-corrected chi connectivity index (χ3v) is 7.21. The zero-order chi connectivity index (χ0) is 28.1. The van der Waals surface area contributed by atoms with Crippen LogP contribution in [0, 0.1) is 13.8 Å². The highest BCUT2D eigenvalue weighted by Crippen LogP contribution is 2.27. The molecule has 1 aliphatic rings. The Morgan fingerprint density at radius 1 is 0.975 bits per heavy atom. The van der Waals surface area contributed by atoms with Crippen molar-refractivity contribution in [3.8, 4) is 5.75 Å². The van der Waals surface area contributed by atoms with Crippen molar-refractivity contribution in [2.45, 2.75) is 20.0 Å². The second-order valence-electron chi connectivity index (χ2n) is 9.96. The van der Waals surface area contributed by atoms with Gasteiger partial charge < -0.3 is 18.8 Å². The van der Waals surface area contributed by atoms with Crippen LogP contribution in [-0.2, 0) is 4.74 Å². The van der Waals surface area contributed by atoms with Crippen LogP contribution in [0.4, 0.5) is 16.2 Å². The number of carbonyl (C=O) groups is 1. The second-order valence-corrected chi connectivity index (χ2v) is 10.4. The molecule has 40 heavy (non-hydrogen) atoms. The number of ether oxygens (including phenoxy) is 2. The van der Waals surface area contributed by atoms with Gasteiger partial charge in [0.2, 0.25) is 0 Å². The van der Waals surface area contributed by atoms with Crippen molar-refractivity contribution in [2.75, 3.05) is 49.5 Å². The fraction of sp³-hybridized carbons (Fsp3) is 0.290. The molecule has 1 atom stereocenters. The first-order valence-corrected chi connectivity index (χ1v) is 13.7. The van der Waals surface area contributed by atoms with Crippen molar-refractivity contribution >= 4 is 40.0 Å². The average molecular weight is 562 g/mol. The van der Waals surface area contributed by atoms with Crippen molar-refractivity contribution < 1.29 is 18.7 Å². The summed E-state index contributed by atoms with van der Waals surface area (Å²) in [5.74, 6) is 0.641. The molecule has 5 rings (SSSR count). The number of hydrogen-bond acceptors (Lipinski definition) is 7. The summed E-state index contributed by atoms with van der Waals surface area (Å²) in [6.07, 6.45) is -1.11. The minimum absolute atomic E-state index is 0.157. The fourth-order valence-electron chi connectivity index (χ4n) is 4.89. The number of para-hydroxylation sites is 1. The predicted molar refractivity (Wildman–Crippen MR) is 158 cm³/mol. The van der Waals surface area contributed by atoms with Crippen molar-refractivity contribution in [3.05, 3.63) is 99.4 Å². The summed E-state index contributed by atoms with van der Waals surface area (Å²) >= 11 is 6.07. The van der Waals surface area contributed by atoms with Gasteiger partial charge in [0.1, 0.15) is 17.9 Å². The van der Waals surface area contributed by atoms with Gasteiger partial charge in [-0.1, -0.05) is 35.9 Å². The minimum atomic E-state index is -0.577. The number of amides is 1. The lowest BCUT2D eigenvalue weighted by Gasteiger charge is -2.37. The van der Waals surface area contributed by atoms with Gasteiger partial charge in [0.25, 0.3) is 0 Å². The van der Waals surface area contributed by atoms with Crippen LogP contribution in [0.15, 0.2) is 82.0 Å². The number of hydrogen-bond donors (Lipinski definition) is 1. The van der Waals surface area contributed by atoms with Gasteiger partial charge in [-0.25, -0.2) is 9.59 Å². The molecular formula is C31H32ClN3O5. The molecule has 0 bridgehead atoms. The standard InChI is InChI=1S/C31H32ClN3O5/c1-21-16-30(36)40-29-15-22(2)28(18-27(21)29)38-20-26(39-31(37)33-24-8-6-7-23(32)17-24)19-34-11-13-35(14-12-34)25-9-4-3-5-10-25/h3-10,15-18,26H,11-14,19-20H2,1-2H3,(H,33,37)/t26-/m1/s1. The molecule has 0 radical (unpaired) electrons. The number of halogens is 1. The normalized spacial score (nSPS) is 14.6. The molecule has 1 amide bonds. The molecule has 8 nitrogen and oxygen atoms in total. The first-order chi connectivity index (χ1) is 19.3. The van der Waals surface area contributed by atoms with E-state index in [0.29, 0.717) is 28.6 Å². The summed E-state index contributed by atoms with van der Waals surface area (Å²) in [6, 6.07) is 22.4. The Hall–Kier alpha value is -4.01. The number of nitrogens with one attached hydrogen (secondary N) is 1. The number of carbonyl (C=O) groups excluding carboxylic acids is 1. The van der Waals surface area contributed by atoms with Gasteiger partial charge >= 0.3 is 11.7 Å². The van der Waals surface area contributed by atoms with Gasteiger partial charge in [0.05, 0.1) is 0 Å². The molecule has 1 saturated heterocycles. The van der Waals surface area contributed by atoms with E-state index in [2.05, 4.69) is 27.2 Å². The lowest BCUT2D eigenvalue weighted by molar-refractivity contribution is 0.0464. The Kier molecular flexibility index (Phi) is 8.57. The lowest BCUT2D eigenvalue weighted by Crippen LogP contribution is -2.50. The van der Waals surface area contributed by atoms with Crippen molar-refractivity contribution in [1.82, 2.24) is 4.90 Å². The number of benzene rings is 3. The SMILES string of the molecule is Cc1cc2oc(=O)cc(C)c2cc1OC[C@@H](CN1CCN(c2ccccc2)CC1)OC(=O)Nc1cccc(Cl)c1. The maximum absolute atomic E-state index is 12.8. The maximum Gasteiger partial charge on any atom is 0.412 e. The van der Waals surface area contributed by atoms with Gasteiger partial charge in [-0.3, -0.25) is 10.2 Å². The molecule has 1 fully saturated rings. The third-order valence-electron chi connectivity index (χ3n) is 6.97. The van der Waals surface area contributed by atoms with Crippen molar-refractivity contribution in [1.29, 1.82) is 0 Å². The Labute approximate surface area is 238 Å². The van der Waals surface area contributed by atoms with Gasteiger partial charge in [-0.2, -0.15) is 0 Å². The summed E-state index contributed by atoms with van der Waals surface area (Å²) in [7, 11) is 0. The molecule has 3 aromatic carbocycles. The number of anilines is 2. The van der Waals surface area contributed by atoms with Crippen LogP contribution >= 0.6 is 11.6 Å². The van der Waals surface area contributed by atoms with Crippen LogP contribution in [0.1, 0.15) is 11.1 Å². The number of piperazine rings is 1.